The van der Waals surface area contributed by atoms with Crippen molar-refractivity contribution in [2.45, 2.75) is 6.54 Å². The molecule has 0 aliphatic heterocycles. The summed E-state index contributed by atoms with van der Waals surface area (Å²) < 4.78 is 6.69. The lowest BCUT2D eigenvalue weighted by Gasteiger charge is -2.04. The fraction of sp³-hybridized carbons (Fsp3) is 0.182. The number of ether oxygens (including phenoxy) is 1. The molecule has 0 amide bonds. The Morgan fingerprint density at radius 2 is 2.38 bits per heavy atom. The number of rotatable bonds is 3. The Kier molecular flexibility index (Phi) is 2.83. The maximum Gasteiger partial charge on any atom is 0.130 e. The molecule has 0 N–H and O–H groups in total. The lowest BCUT2D eigenvalue weighted by Crippen LogP contribution is -2.00. The molecular weight excluding hydrogens is 204 g/mol. The second kappa shape index (κ2) is 4.45. The number of methoxy groups -OCH3 is 1. The van der Waals surface area contributed by atoms with Crippen molar-refractivity contribution in [3.63, 3.8) is 0 Å². The summed E-state index contributed by atoms with van der Waals surface area (Å²) in [5, 5.41) is 16.3. The van der Waals surface area contributed by atoms with Crippen LogP contribution in [0.3, 0.4) is 0 Å². The highest BCUT2D eigenvalue weighted by atomic mass is 16.5. The number of hydrogen-bond acceptors (Lipinski definition) is 4. The average molecular weight is 214 g/mol. The summed E-state index contributed by atoms with van der Waals surface area (Å²) in [6.07, 6.45) is 1.63. The van der Waals surface area contributed by atoms with E-state index in [2.05, 4.69) is 10.3 Å². The molecule has 0 saturated carbocycles. The summed E-state index contributed by atoms with van der Waals surface area (Å²) >= 11 is 0. The van der Waals surface area contributed by atoms with Crippen molar-refractivity contribution < 1.29 is 4.74 Å². The SMILES string of the molecule is COc1cccc(-c2cnnn2CC#N)c1. The third kappa shape index (κ3) is 1.86. The minimum atomic E-state index is 0.187. The molecule has 2 rings (SSSR count). The molecule has 0 spiro atoms. The van der Waals surface area contributed by atoms with Gasteiger partial charge in [0, 0.05) is 5.56 Å². The van der Waals surface area contributed by atoms with Crippen LogP contribution < -0.4 is 4.74 Å². The van der Waals surface area contributed by atoms with Gasteiger partial charge in [-0.2, -0.15) is 5.26 Å². The van der Waals surface area contributed by atoms with E-state index in [4.69, 9.17) is 10.00 Å². The quantitative estimate of drug-likeness (QED) is 0.776. The number of aromatic nitrogens is 3. The van der Waals surface area contributed by atoms with Crippen LogP contribution in [0.1, 0.15) is 0 Å². The maximum absolute atomic E-state index is 8.65. The van der Waals surface area contributed by atoms with Crippen molar-refractivity contribution in [2.75, 3.05) is 7.11 Å². The molecule has 0 atom stereocenters. The fourth-order valence-electron chi connectivity index (χ4n) is 1.45. The molecule has 5 heteroatoms. The van der Waals surface area contributed by atoms with E-state index in [-0.39, 0.29) is 6.54 Å². The largest absolute Gasteiger partial charge is 0.497 e. The first-order chi connectivity index (χ1) is 7.85. The van der Waals surface area contributed by atoms with E-state index in [0.717, 1.165) is 17.0 Å². The third-order valence-electron chi connectivity index (χ3n) is 2.20. The highest BCUT2D eigenvalue weighted by Crippen LogP contribution is 2.22. The Morgan fingerprint density at radius 1 is 1.50 bits per heavy atom. The lowest BCUT2D eigenvalue weighted by molar-refractivity contribution is 0.415. The van der Waals surface area contributed by atoms with Crippen LogP contribution >= 0.6 is 0 Å². The van der Waals surface area contributed by atoms with Crippen molar-refractivity contribution in [1.82, 2.24) is 15.0 Å². The third-order valence-corrected chi connectivity index (χ3v) is 2.20. The Morgan fingerprint density at radius 3 is 3.12 bits per heavy atom. The molecule has 80 valence electrons. The molecule has 0 fully saturated rings. The maximum atomic E-state index is 8.65. The monoisotopic (exact) mass is 214 g/mol. The predicted octanol–water partition coefficient (Wildman–Crippen LogP) is 1.48. The molecule has 2 aromatic rings. The van der Waals surface area contributed by atoms with E-state index in [0.29, 0.717) is 0 Å². The summed E-state index contributed by atoms with van der Waals surface area (Å²) in [7, 11) is 1.62. The van der Waals surface area contributed by atoms with E-state index in [1.165, 1.54) is 0 Å². The minimum absolute atomic E-state index is 0.187. The van der Waals surface area contributed by atoms with Gasteiger partial charge in [0.25, 0.3) is 0 Å². The van der Waals surface area contributed by atoms with Crippen LogP contribution in [0, 0.1) is 11.3 Å². The van der Waals surface area contributed by atoms with Gasteiger partial charge in [-0.1, -0.05) is 17.3 Å². The highest BCUT2D eigenvalue weighted by Gasteiger charge is 2.06. The van der Waals surface area contributed by atoms with Gasteiger partial charge in [0.15, 0.2) is 0 Å². The predicted molar refractivity (Wildman–Crippen MR) is 57.6 cm³/mol. The second-order valence-electron chi connectivity index (χ2n) is 3.17. The van der Waals surface area contributed by atoms with E-state index < -0.39 is 0 Å². The summed E-state index contributed by atoms with van der Waals surface area (Å²) in [6, 6.07) is 9.60. The molecule has 0 aliphatic carbocycles. The van der Waals surface area contributed by atoms with Crippen molar-refractivity contribution in [2.24, 2.45) is 0 Å². The Hall–Kier alpha value is -2.35. The van der Waals surface area contributed by atoms with Crippen LogP contribution in [-0.4, -0.2) is 22.1 Å². The van der Waals surface area contributed by atoms with E-state index in [9.17, 15) is 0 Å². The first kappa shape index (κ1) is 10.2. The molecule has 0 saturated heterocycles. The van der Waals surface area contributed by atoms with Crippen molar-refractivity contribution in [3.8, 4) is 23.1 Å². The summed E-state index contributed by atoms with van der Waals surface area (Å²) in [4.78, 5) is 0. The Bertz CT molecular complexity index is 527. The standard InChI is InChI=1S/C11H10N4O/c1-16-10-4-2-3-9(7-10)11-8-13-14-15(11)6-5-12/h2-4,7-8H,6H2,1H3. The van der Waals surface area contributed by atoms with Gasteiger partial charge in [-0.05, 0) is 12.1 Å². The molecule has 0 radical (unpaired) electrons. The molecule has 0 aliphatic rings. The zero-order chi connectivity index (χ0) is 11.4. The molecule has 1 aromatic heterocycles. The van der Waals surface area contributed by atoms with Gasteiger partial charge in [0.1, 0.15) is 12.3 Å². The van der Waals surface area contributed by atoms with Crippen LogP contribution in [0.4, 0.5) is 0 Å². The fourth-order valence-corrected chi connectivity index (χ4v) is 1.45. The topological polar surface area (TPSA) is 63.7 Å². The number of benzene rings is 1. The smallest absolute Gasteiger partial charge is 0.130 e. The normalized spacial score (nSPS) is 9.75. The van der Waals surface area contributed by atoms with Gasteiger partial charge in [0.05, 0.1) is 25.1 Å². The van der Waals surface area contributed by atoms with Gasteiger partial charge < -0.3 is 4.74 Å². The van der Waals surface area contributed by atoms with E-state index in [1.807, 2.05) is 30.3 Å². The van der Waals surface area contributed by atoms with E-state index >= 15 is 0 Å². The molecule has 0 unspecified atom stereocenters. The zero-order valence-electron chi connectivity index (χ0n) is 8.79. The Labute approximate surface area is 92.9 Å². The average Bonchev–Trinajstić information content (AvgIpc) is 2.78. The number of nitrogens with zero attached hydrogens (tertiary/aromatic N) is 4. The van der Waals surface area contributed by atoms with Crippen LogP contribution in [-0.2, 0) is 6.54 Å². The molecule has 1 heterocycles. The van der Waals surface area contributed by atoms with Gasteiger partial charge >= 0.3 is 0 Å². The molecule has 0 bridgehead atoms. The lowest BCUT2D eigenvalue weighted by atomic mass is 10.1. The van der Waals surface area contributed by atoms with Crippen LogP contribution in [0.15, 0.2) is 30.5 Å². The minimum Gasteiger partial charge on any atom is -0.497 e. The summed E-state index contributed by atoms with van der Waals surface area (Å²) in [5.74, 6) is 0.766. The first-order valence-electron chi connectivity index (χ1n) is 4.75. The van der Waals surface area contributed by atoms with Gasteiger partial charge in [-0.25, -0.2) is 4.68 Å². The van der Waals surface area contributed by atoms with Crippen molar-refractivity contribution in [1.29, 1.82) is 5.26 Å². The van der Waals surface area contributed by atoms with Crippen LogP contribution in [0.25, 0.3) is 11.3 Å². The Balaban J connectivity index is 2.42. The van der Waals surface area contributed by atoms with Crippen molar-refractivity contribution in [3.05, 3.63) is 30.5 Å². The highest BCUT2D eigenvalue weighted by molar-refractivity contribution is 5.60. The van der Waals surface area contributed by atoms with Gasteiger partial charge in [-0.15, -0.1) is 5.10 Å². The van der Waals surface area contributed by atoms with Gasteiger partial charge in [0.2, 0.25) is 0 Å². The molecule has 5 nitrogen and oxygen atoms in total. The van der Waals surface area contributed by atoms with Crippen LogP contribution in [0.5, 0.6) is 5.75 Å². The number of nitriles is 1. The molecular formula is C11H10N4O. The van der Waals surface area contributed by atoms with Crippen molar-refractivity contribution >= 4 is 0 Å². The summed E-state index contributed by atoms with van der Waals surface area (Å²) in [6.45, 7) is 0.187. The molecule has 1 aromatic carbocycles. The zero-order valence-corrected chi connectivity index (χ0v) is 8.79. The first-order valence-corrected chi connectivity index (χ1v) is 4.75. The van der Waals surface area contributed by atoms with E-state index in [1.54, 1.807) is 18.0 Å². The molecule has 16 heavy (non-hydrogen) atoms. The second-order valence-corrected chi connectivity index (χ2v) is 3.17. The number of hydrogen-bond donors (Lipinski definition) is 0. The van der Waals surface area contributed by atoms with Crippen LogP contribution in [0.2, 0.25) is 0 Å². The van der Waals surface area contributed by atoms with Gasteiger partial charge in [-0.3, -0.25) is 0 Å². The summed E-state index contributed by atoms with van der Waals surface area (Å²) in [5.41, 5.74) is 1.74.